The number of piperazine rings is 1. The largest absolute Gasteiger partial charge is 0.494 e. The number of ether oxygens (including phenoxy) is 1. The summed E-state index contributed by atoms with van der Waals surface area (Å²) in [5, 5.41) is 0. The van der Waals surface area contributed by atoms with Crippen LogP contribution in [-0.4, -0.2) is 65.5 Å². The van der Waals surface area contributed by atoms with E-state index in [1.54, 1.807) is 0 Å². The van der Waals surface area contributed by atoms with Crippen LogP contribution in [0.1, 0.15) is 66.5 Å². The Morgan fingerprint density at radius 1 is 1.16 bits per heavy atom. The summed E-state index contributed by atoms with van der Waals surface area (Å²) in [5.41, 5.74) is 2.40. The molecule has 1 atom stereocenters. The molecule has 2 heterocycles. The monoisotopic (exact) mass is 430 g/mol. The van der Waals surface area contributed by atoms with Crippen LogP contribution in [0.3, 0.4) is 0 Å². The predicted octanol–water partition coefficient (Wildman–Crippen LogP) is 3.74. The highest BCUT2D eigenvalue weighted by Gasteiger charge is 2.51. The van der Waals surface area contributed by atoms with E-state index < -0.39 is 5.60 Å². The van der Waals surface area contributed by atoms with Gasteiger partial charge in [0.05, 0.1) is 11.2 Å². The molecule has 3 rings (SSSR count). The topological polar surface area (TPSA) is 51.2 Å². The molecule has 1 aromatic carbocycles. The van der Waals surface area contributed by atoms with Crippen molar-refractivity contribution >= 4 is 18.7 Å². The first-order valence-electron chi connectivity index (χ1n) is 11.4. The number of amides is 1. The van der Waals surface area contributed by atoms with Gasteiger partial charge in [-0.25, -0.2) is 4.79 Å². The van der Waals surface area contributed by atoms with Crippen LogP contribution in [0.25, 0.3) is 0 Å². The van der Waals surface area contributed by atoms with Crippen molar-refractivity contribution in [2.75, 3.05) is 19.6 Å². The Kier molecular flexibility index (Phi) is 6.54. The molecule has 172 valence electrons. The van der Waals surface area contributed by atoms with Gasteiger partial charge in [0.1, 0.15) is 5.60 Å². The SMILES string of the molecule is Cc1ccc(B2OC(C)(C)C(C)(C)O2)cc1CN1CCN(C(=O)OC(C)(C)C)[C@H](C)C1. The van der Waals surface area contributed by atoms with E-state index in [-0.39, 0.29) is 30.5 Å². The molecule has 1 amide bonds. The number of carbonyl (C=O) groups excluding carboxylic acids is 1. The summed E-state index contributed by atoms with van der Waals surface area (Å²) in [6.07, 6.45) is -0.224. The fraction of sp³-hybridized carbons (Fsp3) is 0.708. The molecule has 0 aromatic heterocycles. The van der Waals surface area contributed by atoms with Gasteiger partial charge in [0.25, 0.3) is 0 Å². The van der Waals surface area contributed by atoms with Crippen LogP contribution in [-0.2, 0) is 20.6 Å². The lowest BCUT2D eigenvalue weighted by atomic mass is 9.77. The van der Waals surface area contributed by atoms with E-state index in [1.165, 1.54) is 11.1 Å². The first kappa shape index (κ1) is 24.1. The predicted molar refractivity (Wildman–Crippen MR) is 125 cm³/mol. The van der Waals surface area contributed by atoms with E-state index in [0.29, 0.717) is 6.54 Å². The quantitative estimate of drug-likeness (QED) is 0.684. The molecule has 7 heteroatoms. The van der Waals surface area contributed by atoms with Crippen LogP contribution >= 0.6 is 0 Å². The molecule has 0 saturated carbocycles. The fourth-order valence-electron chi connectivity index (χ4n) is 4.00. The minimum Gasteiger partial charge on any atom is -0.444 e. The van der Waals surface area contributed by atoms with Crippen LogP contribution in [0, 0.1) is 6.92 Å². The zero-order chi connectivity index (χ0) is 23.2. The smallest absolute Gasteiger partial charge is 0.444 e. The lowest BCUT2D eigenvalue weighted by Gasteiger charge is -2.40. The molecule has 0 radical (unpaired) electrons. The number of hydrogen-bond acceptors (Lipinski definition) is 5. The van der Waals surface area contributed by atoms with Crippen molar-refractivity contribution in [3.05, 3.63) is 29.3 Å². The molecule has 0 N–H and O–H groups in total. The van der Waals surface area contributed by atoms with Crippen molar-refractivity contribution in [2.24, 2.45) is 0 Å². The van der Waals surface area contributed by atoms with Gasteiger partial charge < -0.3 is 18.9 Å². The fourth-order valence-corrected chi connectivity index (χ4v) is 4.00. The summed E-state index contributed by atoms with van der Waals surface area (Å²) in [7, 11) is -0.354. The van der Waals surface area contributed by atoms with Crippen molar-refractivity contribution < 1.29 is 18.8 Å². The summed E-state index contributed by atoms with van der Waals surface area (Å²) in [6.45, 7) is 21.4. The minimum atomic E-state index is -0.473. The van der Waals surface area contributed by atoms with Crippen molar-refractivity contribution in [3.63, 3.8) is 0 Å². The van der Waals surface area contributed by atoms with Crippen LogP contribution in [0.15, 0.2) is 18.2 Å². The van der Waals surface area contributed by atoms with Crippen molar-refractivity contribution in [3.8, 4) is 0 Å². The van der Waals surface area contributed by atoms with E-state index in [4.69, 9.17) is 14.0 Å². The third kappa shape index (κ3) is 5.44. The Hall–Kier alpha value is -1.57. The Bertz CT molecular complexity index is 802. The zero-order valence-electron chi connectivity index (χ0n) is 20.7. The molecule has 2 fully saturated rings. The Labute approximate surface area is 188 Å². The number of hydrogen-bond donors (Lipinski definition) is 0. The van der Waals surface area contributed by atoms with E-state index >= 15 is 0 Å². The Morgan fingerprint density at radius 3 is 2.32 bits per heavy atom. The molecule has 31 heavy (non-hydrogen) atoms. The molecule has 0 spiro atoms. The van der Waals surface area contributed by atoms with Crippen LogP contribution in [0.5, 0.6) is 0 Å². The standard InChI is InChI=1S/C24H39BN2O4/c1-17-10-11-20(25-30-23(6,7)24(8,9)31-25)14-19(17)16-26-12-13-27(18(2)15-26)21(28)29-22(3,4)5/h10-11,14,18H,12-13,15-16H2,1-9H3/t18-/m1/s1. The Balaban J connectivity index is 1.66. The van der Waals surface area contributed by atoms with E-state index in [9.17, 15) is 4.79 Å². The van der Waals surface area contributed by atoms with E-state index in [1.807, 2.05) is 25.7 Å². The lowest BCUT2D eigenvalue weighted by molar-refractivity contribution is 0.000534. The van der Waals surface area contributed by atoms with Gasteiger partial charge in [0, 0.05) is 32.2 Å². The summed E-state index contributed by atoms with van der Waals surface area (Å²) in [6, 6.07) is 6.57. The van der Waals surface area contributed by atoms with Gasteiger partial charge in [-0.2, -0.15) is 0 Å². The van der Waals surface area contributed by atoms with E-state index in [0.717, 1.165) is 25.1 Å². The van der Waals surface area contributed by atoms with Crippen molar-refractivity contribution in [1.82, 2.24) is 9.80 Å². The highest BCUT2D eigenvalue weighted by Crippen LogP contribution is 2.36. The normalized spacial score (nSPS) is 23.8. The van der Waals surface area contributed by atoms with Gasteiger partial charge in [0.2, 0.25) is 0 Å². The second-order valence-corrected chi connectivity index (χ2v) is 11.0. The third-order valence-corrected chi connectivity index (χ3v) is 6.63. The molecule has 0 unspecified atom stereocenters. The number of carbonyl (C=O) groups is 1. The molecule has 0 bridgehead atoms. The van der Waals surface area contributed by atoms with Crippen molar-refractivity contribution in [1.29, 1.82) is 0 Å². The first-order valence-corrected chi connectivity index (χ1v) is 11.4. The van der Waals surface area contributed by atoms with Crippen LogP contribution in [0.2, 0.25) is 0 Å². The maximum absolute atomic E-state index is 12.5. The van der Waals surface area contributed by atoms with Gasteiger partial charge >= 0.3 is 13.2 Å². The molecule has 6 nitrogen and oxygen atoms in total. The summed E-state index contributed by atoms with van der Waals surface area (Å²) in [5.74, 6) is 0. The van der Waals surface area contributed by atoms with Gasteiger partial charge in [-0.05, 0) is 78.9 Å². The second-order valence-electron chi connectivity index (χ2n) is 11.0. The molecule has 2 saturated heterocycles. The maximum atomic E-state index is 12.5. The second kappa shape index (κ2) is 8.41. The van der Waals surface area contributed by atoms with Gasteiger partial charge in [0.15, 0.2) is 0 Å². The van der Waals surface area contributed by atoms with Gasteiger partial charge in [-0.15, -0.1) is 0 Å². The molecule has 1 aromatic rings. The highest BCUT2D eigenvalue weighted by molar-refractivity contribution is 6.62. The number of aryl methyl sites for hydroxylation is 1. The molecule has 2 aliphatic rings. The minimum absolute atomic E-state index is 0.107. The molecular weight excluding hydrogens is 391 g/mol. The lowest BCUT2D eigenvalue weighted by Crippen LogP contribution is -2.54. The van der Waals surface area contributed by atoms with Gasteiger partial charge in [-0.1, -0.05) is 18.2 Å². The molecule has 0 aliphatic carbocycles. The van der Waals surface area contributed by atoms with Crippen molar-refractivity contribution in [2.45, 2.75) is 91.7 Å². The number of rotatable bonds is 3. The summed E-state index contributed by atoms with van der Waals surface area (Å²) >= 11 is 0. The summed E-state index contributed by atoms with van der Waals surface area (Å²) < 4.78 is 18.0. The molecule has 2 aliphatic heterocycles. The highest BCUT2D eigenvalue weighted by atomic mass is 16.7. The average molecular weight is 430 g/mol. The molecular formula is C24H39BN2O4. The van der Waals surface area contributed by atoms with E-state index in [2.05, 4.69) is 64.6 Å². The number of benzene rings is 1. The van der Waals surface area contributed by atoms with Crippen LogP contribution < -0.4 is 5.46 Å². The average Bonchev–Trinajstić information content (AvgIpc) is 2.83. The first-order chi connectivity index (χ1) is 14.2. The summed E-state index contributed by atoms with van der Waals surface area (Å²) in [4.78, 5) is 16.7. The van der Waals surface area contributed by atoms with Crippen LogP contribution in [0.4, 0.5) is 4.79 Å². The Morgan fingerprint density at radius 2 is 1.77 bits per heavy atom. The maximum Gasteiger partial charge on any atom is 0.494 e. The number of nitrogens with zero attached hydrogens (tertiary/aromatic N) is 2. The third-order valence-electron chi connectivity index (χ3n) is 6.63. The van der Waals surface area contributed by atoms with Gasteiger partial charge in [-0.3, -0.25) is 4.90 Å². The zero-order valence-corrected chi connectivity index (χ0v) is 20.7.